The summed E-state index contributed by atoms with van der Waals surface area (Å²) in [6.07, 6.45) is 7.65. The zero-order valence-electron chi connectivity index (χ0n) is 9.44. The zero-order valence-corrected chi connectivity index (χ0v) is 9.44. The Bertz CT molecular complexity index is 356. The SMILES string of the molecule is CCC1CCC(=O)CC1c1cnn(C)c1. The monoisotopic (exact) mass is 206 g/mol. The van der Waals surface area contributed by atoms with Gasteiger partial charge in [0.25, 0.3) is 0 Å². The highest BCUT2D eigenvalue weighted by Crippen LogP contribution is 2.37. The fourth-order valence-electron chi connectivity index (χ4n) is 2.57. The van der Waals surface area contributed by atoms with Crippen molar-refractivity contribution in [3.8, 4) is 0 Å². The number of nitrogens with zero attached hydrogens (tertiary/aromatic N) is 2. The second kappa shape index (κ2) is 4.17. The summed E-state index contributed by atoms with van der Waals surface area (Å²) in [6.45, 7) is 2.21. The van der Waals surface area contributed by atoms with Gasteiger partial charge in [-0.25, -0.2) is 0 Å². The predicted molar refractivity (Wildman–Crippen MR) is 58.6 cm³/mol. The Morgan fingerprint density at radius 3 is 3.00 bits per heavy atom. The van der Waals surface area contributed by atoms with Crippen molar-refractivity contribution in [1.82, 2.24) is 9.78 Å². The molecule has 1 aliphatic carbocycles. The van der Waals surface area contributed by atoms with Gasteiger partial charge in [0.2, 0.25) is 0 Å². The van der Waals surface area contributed by atoms with Crippen molar-refractivity contribution < 1.29 is 4.79 Å². The zero-order chi connectivity index (χ0) is 10.8. The highest BCUT2D eigenvalue weighted by Gasteiger charge is 2.29. The summed E-state index contributed by atoms with van der Waals surface area (Å²) in [6, 6.07) is 0. The molecule has 0 saturated heterocycles. The van der Waals surface area contributed by atoms with Gasteiger partial charge in [-0.2, -0.15) is 5.10 Å². The average Bonchev–Trinajstić information content (AvgIpc) is 2.65. The fraction of sp³-hybridized carbons (Fsp3) is 0.667. The van der Waals surface area contributed by atoms with E-state index in [0.717, 1.165) is 19.3 Å². The first-order chi connectivity index (χ1) is 7.20. The predicted octanol–water partition coefficient (Wildman–Crippen LogP) is 2.28. The van der Waals surface area contributed by atoms with Gasteiger partial charge in [-0.1, -0.05) is 13.3 Å². The third-order valence-corrected chi connectivity index (χ3v) is 3.49. The van der Waals surface area contributed by atoms with E-state index < -0.39 is 0 Å². The molecule has 2 unspecified atom stereocenters. The molecular formula is C12H18N2O. The molecular weight excluding hydrogens is 188 g/mol. The van der Waals surface area contributed by atoms with Crippen molar-refractivity contribution in [2.75, 3.05) is 0 Å². The van der Waals surface area contributed by atoms with E-state index in [1.807, 2.05) is 24.1 Å². The van der Waals surface area contributed by atoms with E-state index >= 15 is 0 Å². The van der Waals surface area contributed by atoms with E-state index in [2.05, 4.69) is 12.0 Å². The lowest BCUT2D eigenvalue weighted by molar-refractivity contribution is -0.121. The van der Waals surface area contributed by atoms with Gasteiger partial charge < -0.3 is 0 Å². The Balaban J connectivity index is 2.20. The Labute approximate surface area is 90.5 Å². The fourth-order valence-corrected chi connectivity index (χ4v) is 2.57. The number of carbonyl (C=O) groups is 1. The van der Waals surface area contributed by atoms with E-state index in [-0.39, 0.29) is 0 Å². The minimum absolute atomic E-state index is 0.407. The van der Waals surface area contributed by atoms with Crippen LogP contribution in [0.2, 0.25) is 0 Å². The van der Waals surface area contributed by atoms with Crippen LogP contribution in [0.15, 0.2) is 12.4 Å². The topological polar surface area (TPSA) is 34.9 Å². The van der Waals surface area contributed by atoms with Crippen LogP contribution in [-0.4, -0.2) is 15.6 Å². The molecule has 0 radical (unpaired) electrons. The normalized spacial score (nSPS) is 26.9. The minimum atomic E-state index is 0.407. The van der Waals surface area contributed by atoms with Crippen molar-refractivity contribution in [3.05, 3.63) is 18.0 Å². The molecule has 82 valence electrons. The molecule has 15 heavy (non-hydrogen) atoms. The molecule has 1 aliphatic rings. The van der Waals surface area contributed by atoms with Gasteiger partial charge in [0, 0.05) is 26.1 Å². The Morgan fingerprint density at radius 2 is 2.40 bits per heavy atom. The van der Waals surface area contributed by atoms with E-state index in [1.165, 1.54) is 5.56 Å². The molecule has 0 amide bonds. The summed E-state index contributed by atoms with van der Waals surface area (Å²) >= 11 is 0. The Kier molecular flexibility index (Phi) is 2.89. The third-order valence-electron chi connectivity index (χ3n) is 3.49. The van der Waals surface area contributed by atoms with Gasteiger partial charge in [0.05, 0.1) is 6.20 Å². The summed E-state index contributed by atoms with van der Waals surface area (Å²) in [7, 11) is 1.93. The van der Waals surface area contributed by atoms with Crippen LogP contribution in [0.4, 0.5) is 0 Å². The van der Waals surface area contributed by atoms with E-state index in [1.54, 1.807) is 0 Å². The first-order valence-electron chi connectivity index (χ1n) is 5.71. The number of rotatable bonds is 2. The molecule has 1 heterocycles. The van der Waals surface area contributed by atoms with Crippen LogP contribution in [-0.2, 0) is 11.8 Å². The lowest BCUT2D eigenvalue weighted by Gasteiger charge is -2.29. The van der Waals surface area contributed by atoms with Crippen molar-refractivity contribution in [2.24, 2.45) is 13.0 Å². The van der Waals surface area contributed by atoms with Crippen LogP contribution in [0.1, 0.15) is 44.1 Å². The van der Waals surface area contributed by atoms with Crippen LogP contribution in [0, 0.1) is 5.92 Å². The van der Waals surface area contributed by atoms with Gasteiger partial charge in [0.15, 0.2) is 0 Å². The standard InChI is InChI=1S/C12H18N2O/c1-3-9-4-5-11(15)6-12(9)10-7-13-14(2)8-10/h7-9,12H,3-6H2,1-2H3. The number of aryl methyl sites for hydroxylation is 1. The molecule has 1 fully saturated rings. The maximum absolute atomic E-state index is 11.5. The molecule has 0 N–H and O–H groups in total. The molecule has 3 heteroatoms. The molecule has 2 atom stereocenters. The minimum Gasteiger partial charge on any atom is -0.300 e. The molecule has 1 aromatic rings. The second-order valence-electron chi connectivity index (χ2n) is 4.50. The first kappa shape index (κ1) is 10.4. The number of carbonyl (C=O) groups excluding carboxylic acids is 1. The number of ketones is 1. The van der Waals surface area contributed by atoms with Crippen LogP contribution in [0.25, 0.3) is 0 Å². The largest absolute Gasteiger partial charge is 0.300 e. The van der Waals surface area contributed by atoms with Crippen molar-refractivity contribution in [3.63, 3.8) is 0 Å². The third kappa shape index (κ3) is 2.11. The van der Waals surface area contributed by atoms with Crippen molar-refractivity contribution >= 4 is 5.78 Å². The second-order valence-corrected chi connectivity index (χ2v) is 4.50. The number of aromatic nitrogens is 2. The number of hydrogen-bond acceptors (Lipinski definition) is 2. The maximum Gasteiger partial charge on any atom is 0.133 e. The molecule has 0 bridgehead atoms. The number of hydrogen-bond donors (Lipinski definition) is 0. The average molecular weight is 206 g/mol. The molecule has 1 saturated carbocycles. The number of Topliss-reactive ketones (excluding diaryl/α,β-unsaturated/α-hetero) is 1. The van der Waals surface area contributed by atoms with Gasteiger partial charge in [0.1, 0.15) is 5.78 Å². The van der Waals surface area contributed by atoms with Gasteiger partial charge >= 0.3 is 0 Å². The van der Waals surface area contributed by atoms with Crippen LogP contribution >= 0.6 is 0 Å². The summed E-state index contributed by atoms with van der Waals surface area (Å²) in [5.74, 6) is 1.48. The molecule has 0 spiro atoms. The van der Waals surface area contributed by atoms with Crippen LogP contribution in [0.5, 0.6) is 0 Å². The quantitative estimate of drug-likeness (QED) is 0.744. The molecule has 1 aromatic heterocycles. The Hall–Kier alpha value is -1.12. The van der Waals surface area contributed by atoms with Crippen molar-refractivity contribution in [2.45, 2.75) is 38.5 Å². The Morgan fingerprint density at radius 1 is 1.60 bits per heavy atom. The summed E-state index contributed by atoms with van der Waals surface area (Å²) in [5, 5.41) is 4.19. The van der Waals surface area contributed by atoms with E-state index in [9.17, 15) is 4.79 Å². The van der Waals surface area contributed by atoms with Crippen LogP contribution in [0.3, 0.4) is 0 Å². The van der Waals surface area contributed by atoms with Crippen LogP contribution < -0.4 is 0 Å². The van der Waals surface area contributed by atoms with Gasteiger partial charge in [-0.05, 0) is 23.8 Å². The lowest BCUT2D eigenvalue weighted by atomic mass is 9.74. The van der Waals surface area contributed by atoms with E-state index in [0.29, 0.717) is 24.0 Å². The highest BCUT2D eigenvalue weighted by atomic mass is 16.1. The van der Waals surface area contributed by atoms with E-state index in [4.69, 9.17) is 0 Å². The maximum atomic E-state index is 11.5. The van der Waals surface area contributed by atoms with Gasteiger partial charge in [-0.3, -0.25) is 9.48 Å². The summed E-state index contributed by atoms with van der Waals surface area (Å²) < 4.78 is 1.82. The molecule has 3 nitrogen and oxygen atoms in total. The smallest absolute Gasteiger partial charge is 0.133 e. The molecule has 2 rings (SSSR count). The first-order valence-corrected chi connectivity index (χ1v) is 5.71. The summed E-state index contributed by atoms with van der Waals surface area (Å²) in [4.78, 5) is 11.5. The van der Waals surface area contributed by atoms with Crippen molar-refractivity contribution in [1.29, 1.82) is 0 Å². The molecule has 0 aliphatic heterocycles. The summed E-state index contributed by atoms with van der Waals surface area (Å²) in [5.41, 5.74) is 1.23. The lowest BCUT2D eigenvalue weighted by Crippen LogP contribution is -2.22. The molecule has 0 aromatic carbocycles. The van der Waals surface area contributed by atoms with Gasteiger partial charge in [-0.15, -0.1) is 0 Å². The highest BCUT2D eigenvalue weighted by molar-refractivity contribution is 5.80.